The summed E-state index contributed by atoms with van der Waals surface area (Å²) in [5.41, 5.74) is -0.578. The standard InChI is InChI=1S/C23H30FN3O4S/c1-23(2,12-4-16-31-20-8-6-18(24)7-9-20)22(28)26-19-10-14-27(15-11-19)32(29,30)21-5-3-13-25-17-21/h3,5-9,13,17,19H,4,10-12,14-16H2,1-2H3,(H,26,28). The van der Waals surface area contributed by atoms with Crippen LogP contribution in [0.25, 0.3) is 0 Å². The first-order valence-corrected chi connectivity index (χ1v) is 12.2. The van der Waals surface area contributed by atoms with Crippen LogP contribution >= 0.6 is 0 Å². The summed E-state index contributed by atoms with van der Waals surface area (Å²) in [6.45, 7) is 4.93. The molecule has 0 radical (unpaired) electrons. The molecule has 0 spiro atoms. The van der Waals surface area contributed by atoms with E-state index in [0.29, 0.717) is 51.1 Å². The third kappa shape index (κ3) is 6.26. The number of hydrogen-bond donors (Lipinski definition) is 1. The molecule has 1 aliphatic heterocycles. The van der Waals surface area contributed by atoms with E-state index < -0.39 is 15.4 Å². The third-order valence-corrected chi connectivity index (χ3v) is 7.59. The van der Waals surface area contributed by atoms with Crippen molar-refractivity contribution in [1.82, 2.24) is 14.6 Å². The zero-order chi connectivity index (χ0) is 23.2. The number of carbonyl (C=O) groups is 1. The fourth-order valence-electron chi connectivity index (χ4n) is 3.62. The number of aromatic nitrogens is 1. The second kappa shape index (κ2) is 10.4. The Kier molecular flexibility index (Phi) is 7.84. The van der Waals surface area contributed by atoms with Gasteiger partial charge in [-0.05, 0) is 62.1 Å². The van der Waals surface area contributed by atoms with Crippen molar-refractivity contribution in [2.75, 3.05) is 19.7 Å². The van der Waals surface area contributed by atoms with E-state index in [4.69, 9.17) is 4.74 Å². The van der Waals surface area contributed by atoms with Gasteiger partial charge >= 0.3 is 0 Å². The van der Waals surface area contributed by atoms with E-state index in [9.17, 15) is 17.6 Å². The van der Waals surface area contributed by atoms with Crippen LogP contribution in [0.4, 0.5) is 4.39 Å². The predicted molar refractivity (Wildman–Crippen MR) is 119 cm³/mol. The van der Waals surface area contributed by atoms with Gasteiger partial charge < -0.3 is 10.1 Å². The number of nitrogens with one attached hydrogen (secondary N) is 1. The van der Waals surface area contributed by atoms with E-state index in [1.54, 1.807) is 24.3 Å². The van der Waals surface area contributed by atoms with Gasteiger partial charge in [-0.2, -0.15) is 4.31 Å². The second-order valence-corrected chi connectivity index (χ2v) is 10.6. The van der Waals surface area contributed by atoms with Crippen LogP contribution < -0.4 is 10.1 Å². The van der Waals surface area contributed by atoms with Crippen LogP contribution in [-0.2, 0) is 14.8 Å². The molecule has 32 heavy (non-hydrogen) atoms. The van der Waals surface area contributed by atoms with E-state index in [-0.39, 0.29) is 22.7 Å². The summed E-state index contributed by atoms with van der Waals surface area (Å²) in [6, 6.07) is 8.94. The number of rotatable bonds is 9. The van der Waals surface area contributed by atoms with E-state index in [1.165, 1.54) is 28.8 Å². The van der Waals surface area contributed by atoms with Crippen LogP contribution in [0.15, 0.2) is 53.7 Å². The number of ether oxygens (including phenoxy) is 1. The van der Waals surface area contributed by atoms with E-state index in [0.717, 1.165) is 0 Å². The minimum Gasteiger partial charge on any atom is -0.494 e. The number of benzene rings is 1. The predicted octanol–water partition coefficient (Wildman–Crippen LogP) is 3.38. The van der Waals surface area contributed by atoms with Gasteiger partial charge in [0, 0.05) is 36.9 Å². The van der Waals surface area contributed by atoms with Crippen molar-refractivity contribution in [2.45, 2.75) is 50.5 Å². The number of halogens is 1. The number of piperidine rings is 1. The lowest BCUT2D eigenvalue weighted by Crippen LogP contribution is -2.49. The summed E-state index contributed by atoms with van der Waals surface area (Å²) < 4.78 is 45.4. The van der Waals surface area contributed by atoms with Gasteiger partial charge in [0.2, 0.25) is 15.9 Å². The van der Waals surface area contributed by atoms with Gasteiger partial charge in [0.25, 0.3) is 0 Å². The molecule has 0 atom stereocenters. The van der Waals surface area contributed by atoms with Gasteiger partial charge in [0.1, 0.15) is 16.5 Å². The molecule has 1 amide bonds. The van der Waals surface area contributed by atoms with Crippen LogP contribution in [0.3, 0.4) is 0 Å². The molecule has 1 aliphatic rings. The Balaban J connectivity index is 1.42. The van der Waals surface area contributed by atoms with Crippen LogP contribution in [0, 0.1) is 11.2 Å². The molecule has 2 aromatic rings. The quantitative estimate of drug-likeness (QED) is 0.576. The fourth-order valence-corrected chi connectivity index (χ4v) is 5.05. The summed E-state index contributed by atoms with van der Waals surface area (Å²) in [6.07, 6.45) is 5.33. The largest absolute Gasteiger partial charge is 0.494 e. The van der Waals surface area contributed by atoms with Gasteiger partial charge in [-0.1, -0.05) is 13.8 Å². The van der Waals surface area contributed by atoms with Crippen LogP contribution in [0.2, 0.25) is 0 Å². The summed E-state index contributed by atoms with van der Waals surface area (Å²) in [7, 11) is -3.56. The normalized spacial score (nSPS) is 16.0. The van der Waals surface area contributed by atoms with Crippen molar-refractivity contribution >= 4 is 15.9 Å². The monoisotopic (exact) mass is 463 g/mol. The molecule has 2 heterocycles. The van der Waals surface area contributed by atoms with Gasteiger partial charge in [-0.3, -0.25) is 9.78 Å². The molecule has 0 aliphatic carbocycles. The SMILES string of the molecule is CC(C)(CCCOc1ccc(F)cc1)C(=O)NC1CCN(S(=O)(=O)c2cccnc2)CC1. The molecule has 0 unspecified atom stereocenters. The lowest BCUT2D eigenvalue weighted by molar-refractivity contribution is -0.130. The van der Waals surface area contributed by atoms with Crippen molar-refractivity contribution in [3.05, 3.63) is 54.6 Å². The Labute approximate surface area is 189 Å². The van der Waals surface area contributed by atoms with Crippen molar-refractivity contribution in [3.8, 4) is 5.75 Å². The molecule has 1 fully saturated rings. The first-order valence-electron chi connectivity index (χ1n) is 10.8. The Hall–Kier alpha value is -2.52. The van der Waals surface area contributed by atoms with Crippen LogP contribution in [0.5, 0.6) is 5.75 Å². The number of nitrogens with zero attached hydrogens (tertiary/aromatic N) is 2. The number of sulfonamides is 1. The van der Waals surface area contributed by atoms with Gasteiger partial charge in [-0.25, -0.2) is 12.8 Å². The van der Waals surface area contributed by atoms with Crippen LogP contribution in [-0.4, -0.2) is 49.4 Å². The van der Waals surface area contributed by atoms with Gasteiger partial charge in [-0.15, -0.1) is 0 Å². The average Bonchev–Trinajstić information content (AvgIpc) is 2.79. The van der Waals surface area contributed by atoms with E-state index >= 15 is 0 Å². The molecule has 1 saturated heterocycles. The number of amides is 1. The molecule has 1 N–H and O–H groups in total. The lowest BCUT2D eigenvalue weighted by atomic mass is 9.86. The molecule has 174 valence electrons. The van der Waals surface area contributed by atoms with Crippen LogP contribution in [0.1, 0.15) is 39.5 Å². The first kappa shape index (κ1) is 24.1. The maximum absolute atomic E-state index is 12.9. The Morgan fingerprint density at radius 2 is 1.91 bits per heavy atom. The lowest BCUT2D eigenvalue weighted by Gasteiger charge is -2.33. The molecular weight excluding hydrogens is 433 g/mol. The highest BCUT2D eigenvalue weighted by Crippen LogP contribution is 2.25. The Morgan fingerprint density at radius 1 is 1.22 bits per heavy atom. The molecule has 1 aromatic heterocycles. The summed E-state index contributed by atoms with van der Waals surface area (Å²) >= 11 is 0. The molecule has 0 saturated carbocycles. The summed E-state index contributed by atoms with van der Waals surface area (Å²) in [5, 5.41) is 3.08. The maximum atomic E-state index is 12.9. The van der Waals surface area contributed by atoms with Crippen molar-refractivity contribution in [1.29, 1.82) is 0 Å². The van der Waals surface area contributed by atoms with Crippen molar-refractivity contribution < 1.29 is 22.3 Å². The topological polar surface area (TPSA) is 88.6 Å². The first-order chi connectivity index (χ1) is 15.2. The van der Waals surface area contributed by atoms with Crippen molar-refractivity contribution in [3.63, 3.8) is 0 Å². The fraction of sp³-hybridized carbons (Fsp3) is 0.478. The average molecular weight is 464 g/mol. The minimum atomic E-state index is -3.56. The third-order valence-electron chi connectivity index (χ3n) is 5.70. The van der Waals surface area contributed by atoms with Gasteiger partial charge in [0.15, 0.2) is 0 Å². The van der Waals surface area contributed by atoms with E-state index in [1.807, 2.05) is 13.8 Å². The Morgan fingerprint density at radius 3 is 2.53 bits per heavy atom. The number of hydrogen-bond acceptors (Lipinski definition) is 5. The smallest absolute Gasteiger partial charge is 0.244 e. The molecule has 7 nitrogen and oxygen atoms in total. The highest BCUT2D eigenvalue weighted by Gasteiger charge is 2.33. The number of pyridine rings is 1. The Bertz CT molecular complexity index is 990. The van der Waals surface area contributed by atoms with Crippen molar-refractivity contribution in [2.24, 2.45) is 5.41 Å². The molecular formula is C23H30FN3O4S. The zero-order valence-electron chi connectivity index (χ0n) is 18.5. The minimum absolute atomic E-state index is 0.0483. The van der Waals surface area contributed by atoms with E-state index in [2.05, 4.69) is 10.3 Å². The summed E-state index contributed by atoms with van der Waals surface area (Å²) in [5.74, 6) is 0.241. The molecule has 1 aromatic carbocycles. The zero-order valence-corrected chi connectivity index (χ0v) is 19.3. The number of carbonyl (C=O) groups excluding carboxylic acids is 1. The highest BCUT2D eigenvalue weighted by molar-refractivity contribution is 7.89. The maximum Gasteiger partial charge on any atom is 0.244 e. The van der Waals surface area contributed by atoms with Gasteiger partial charge in [0.05, 0.1) is 6.61 Å². The summed E-state index contributed by atoms with van der Waals surface area (Å²) in [4.78, 5) is 16.9. The second-order valence-electron chi connectivity index (χ2n) is 8.63. The molecule has 0 bridgehead atoms. The molecule has 3 rings (SSSR count). The highest BCUT2D eigenvalue weighted by atomic mass is 32.2. The molecule has 9 heteroatoms.